The number of aromatic nitrogens is 3. The fourth-order valence-corrected chi connectivity index (χ4v) is 5.92. The minimum atomic E-state index is -0.226. The third kappa shape index (κ3) is 3.02. The van der Waals surface area contributed by atoms with Gasteiger partial charge in [-0.2, -0.15) is 5.10 Å². The number of hydrogen-bond donors (Lipinski definition) is 0. The molecule has 1 saturated heterocycles. The summed E-state index contributed by atoms with van der Waals surface area (Å²) < 4.78 is 8.08. The minimum Gasteiger partial charge on any atom is -0.469 e. The molecule has 1 saturated carbocycles. The van der Waals surface area contributed by atoms with E-state index in [-0.39, 0.29) is 11.4 Å². The number of rotatable bonds is 4. The van der Waals surface area contributed by atoms with Crippen molar-refractivity contribution >= 4 is 34.4 Å². The summed E-state index contributed by atoms with van der Waals surface area (Å²) in [5.74, 6) is 1.77. The molecule has 3 heterocycles. The van der Waals surface area contributed by atoms with Gasteiger partial charge in [0.2, 0.25) is 0 Å². The molecule has 1 aliphatic carbocycles. The molecule has 0 unspecified atom stereocenters. The van der Waals surface area contributed by atoms with Gasteiger partial charge in [0, 0.05) is 24.3 Å². The smallest absolute Gasteiger partial charge is 0.312 e. The molecule has 2 aromatic rings. The Labute approximate surface area is 179 Å². The highest BCUT2D eigenvalue weighted by atomic mass is 127. The number of esters is 1. The van der Waals surface area contributed by atoms with Crippen LogP contribution in [0.4, 0.5) is 5.82 Å². The Morgan fingerprint density at radius 2 is 2.11 bits per heavy atom. The van der Waals surface area contributed by atoms with Crippen molar-refractivity contribution in [2.45, 2.75) is 46.5 Å². The van der Waals surface area contributed by atoms with E-state index in [1.165, 1.54) is 18.4 Å². The van der Waals surface area contributed by atoms with E-state index in [9.17, 15) is 4.79 Å². The molecule has 7 heteroatoms. The fraction of sp³-hybridized carbons (Fsp3) is 0.571. The first-order valence-corrected chi connectivity index (χ1v) is 10.9. The number of hydrogen-bond acceptors (Lipinski definition) is 5. The molecule has 28 heavy (non-hydrogen) atoms. The number of nitrogens with zero attached hydrogens (tertiary/aromatic N) is 4. The highest BCUT2D eigenvalue weighted by Crippen LogP contribution is 2.58. The van der Waals surface area contributed by atoms with Crippen molar-refractivity contribution in [3.05, 3.63) is 32.8 Å². The minimum absolute atomic E-state index is 0.0404. The van der Waals surface area contributed by atoms with Crippen molar-refractivity contribution in [1.82, 2.24) is 14.8 Å². The topological polar surface area (TPSA) is 60.2 Å². The molecule has 6 nitrogen and oxygen atoms in total. The number of fused-ring (bicyclic) bond motifs is 1. The lowest BCUT2D eigenvalue weighted by Gasteiger charge is -2.31. The number of anilines is 1. The van der Waals surface area contributed by atoms with Crippen LogP contribution in [-0.2, 0) is 9.53 Å². The Morgan fingerprint density at radius 3 is 2.68 bits per heavy atom. The van der Waals surface area contributed by atoms with Gasteiger partial charge in [-0.15, -0.1) is 0 Å². The molecule has 0 bridgehead atoms. The first-order valence-electron chi connectivity index (χ1n) is 9.85. The van der Waals surface area contributed by atoms with Crippen molar-refractivity contribution in [2.75, 3.05) is 25.1 Å². The molecule has 0 N–H and O–H groups in total. The van der Waals surface area contributed by atoms with Gasteiger partial charge >= 0.3 is 5.97 Å². The lowest BCUT2D eigenvalue weighted by atomic mass is 9.95. The van der Waals surface area contributed by atoms with Gasteiger partial charge in [0.15, 0.2) is 0 Å². The van der Waals surface area contributed by atoms with E-state index in [4.69, 9.17) is 14.8 Å². The lowest BCUT2D eigenvalue weighted by Crippen LogP contribution is -2.38. The van der Waals surface area contributed by atoms with Crippen LogP contribution >= 0.6 is 22.6 Å². The largest absolute Gasteiger partial charge is 0.469 e. The standard InChI is InChI=1S/C21H27IN4O2/c1-12(2)18-14(4)26(24-19(18)22)16-6-7-17(23-13(16)3)25-9-8-21(20(27)28-5)10-15(21)11-25/h6-7,12,15H,8-11H2,1-5H3/t15-,21+/m1/s1. The van der Waals surface area contributed by atoms with Crippen molar-refractivity contribution in [3.8, 4) is 5.69 Å². The normalized spacial score (nSPS) is 23.7. The van der Waals surface area contributed by atoms with Gasteiger partial charge in [0.1, 0.15) is 9.52 Å². The Morgan fingerprint density at radius 1 is 1.36 bits per heavy atom. The predicted molar refractivity (Wildman–Crippen MR) is 117 cm³/mol. The number of pyridine rings is 1. The average Bonchev–Trinajstić information content (AvgIpc) is 3.32. The summed E-state index contributed by atoms with van der Waals surface area (Å²) in [5.41, 5.74) is 4.24. The number of methoxy groups -OCH3 is 1. The second-order valence-electron chi connectivity index (χ2n) is 8.38. The fourth-order valence-electron chi connectivity index (χ4n) is 4.69. The van der Waals surface area contributed by atoms with Crippen molar-refractivity contribution in [3.63, 3.8) is 0 Å². The number of ether oxygens (including phenoxy) is 1. The Balaban J connectivity index is 1.57. The molecule has 4 rings (SSSR count). The zero-order valence-corrected chi connectivity index (χ0v) is 19.3. The molecule has 2 atom stereocenters. The molecule has 150 valence electrons. The van der Waals surface area contributed by atoms with Crippen molar-refractivity contribution in [1.29, 1.82) is 0 Å². The van der Waals surface area contributed by atoms with Crippen LogP contribution in [0.15, 0.2) is 12.1 Å². The second kappa shape index (κ2) is 7.00. The Kier molecular flexibility index (Phi) is 4.92. The van der Waals surface area contributed by atoms with Gasteiger partial charge in [-0.05, 0) is 73.2 Å². The number of carbonyl (C=O) groups excluding carboxylic acids is 1. The first kappa shape index (κ1) is 19.7. The average molecular weight is 494 g/mol. The van der Waals surface area contributed by atoms with Crippen LogP contribution in [0.25, 0.3) is 5.69 Å². The van der Waals surface area contributed by atoms with Gasteiger partial charge in [0.05, 0.1) is 23.9 Å². The quantitative estimate of drug-likeness (QED) is 0.475. The maximum Gasteiger partial charge on any atom is 0.312 e. The molecule has 2 aliphatic rings. The van der Waals surface area contributed by atoms with E-state index in [1.54, 1.807) is 0 Å². The Hall–Kier alpha value is -1.64. The van der Waals surface area contributed by atoms with Crippen molar-refractivity contribution < 1.29 is 9.53 Å². The monoisotopic (exact) mass is 494 g/mol. The van der Waals surface area contributed by atoms with E-state index < -0.39 is 0 Å². The maximum absolute atomic E-state index is 12.1. The van der Waals surface area contributed by atoms with E-state index in [1.807, 2.05) is 11.6 Å². The summed E-state index contributed by atoms with van der Waals surface area (Å²) in [7, 11) is 1.49. The van der Waals surface area contributed by atoms with E-state index in [2.05, 4.69) is 60.4 Å². The zero-order valence-electron chi connectivity index (χ0n) is 17.1. The van der Waals surface area contributed by atoms with Crippen LogP contribution in [0.5, 0.6) is 0 Å². The van der Waals surface area contributed by atoms with Gasteiger partial charge in [-0.25, -0.2) is 9.67 Å². The zero-order chi connectivity index (χ0) is 20.2. The number of aryl methyl sites for hydroxylation is 1. The van der Waals surface area contributed by atoms with E-state index >= 15 is 0 Å². The van der Waals surface area contributed by atoms with Crippen LogP contribution in [0.1, 0.15) is 49.6 Å². The van der Waals surface area contributed by atoms with Crippen LogP contribution in [0.2, 0.25) is 0 Å². The highest BCUT2D eigenvalue weighted by molar-refractivity contribution is 14.1. The lowest BCUT2D eigenvalue weighted by molar-refractivity contribution is -0.148. The van der Waals surface area contributed by atoms with Gasteiger partial charge in [0.25, 0.3) is 0 Å². The van der Waals surface area contributed by atoms with Gasteiger partial charge in [-0.3, -0.25) is 4.79 Å². The molecule has 2 aromatic heterocycles. The molecule has 0 aromatic carbocycles. The summed E-state index contributed by atoms with van der Waals surface area (Å²) in [6.45, 7) is 10.3. The number of piperidine rings is 1. The summed E-state index contributed by atoms with van der Waals surface area (Å²) in [6, 6.07) is 4.20. The van der Waals surface area contributed by atoms with Gasteiger partial charge in [-0.1, -0.05) is 13.8 Å². The Bertz CT molecular complexity index is 939. The summed E-state index contributed by atoms with van der Waals surface area (Å²) in [6.07, 6.45) is 1.79. The third-order valence-corrected chi connectivity index (χ3v) is 7.18. The summed E-state index contributed by atoms with van der Waals surface area (Å²) >= 11 is 2.32. The van der Waals surface area contributed by atoms with Gasteiger partial charge < -0.3 is 9.64 Å². The van der Waals surface area contributed by atoms with Crippen LogP contribution in [0, 0.1) is 28.9 Å². The molecule has 2 fully saturated rings. The molecule has 0 amide bonds. The van der Waals surface area contributed by atoms with E-state index in [0.29, 0.717) is 11.8 Å². The SMILES string of the molecule is COC(=O)[C@]12CCN(c3ccc(-n4nc(I)c(C(C)C)c4C)c(C)n3)C[C@H]1C2. The third-order valence-electron chi connectivity index (χ3n) is 6.38. The van der Waals surface area contributed by atoms with Crippen LogP contribution < -0.4 is 4.90 Å². The van der Waals surface area contributed by atoms with Crippen LogP contribution in [-0.4, -0.2) is 40.9 Å². The molecule has 1 aliphatic heterocycles. The number of carbonyl (C=O) groups is 1. The van der Waals surface area contributed by atoms with E-state index in [0.717, 1.165) is 46.8 Å². The molecular formula is C21H27IN4O2. The first-order chi connectivity index (χ1) is 13.3. The molecule has 0 radical (unpaired) electrons. The maximum atomic E-state index is 12.1. The molecule has 0 spiro atoms. The molecular weight excluding hydrogens is 467 g/mol. The van der Waals surface area contributed by atoms with Crippen molar-refractivity contribution in [2.24, 2.45) is 11.3 Å². The second-order valence-corrected chi connectivity index (χ2v) is 9.40. The predicted octanol–water partition coefficient (Wildman–Crippen LogP) is 4.00. The van der Waals surface area contributed by atoms with Crippen LogP contribution in [0.3, 0.4) is 0 Å². The summed E-state index contributed by atoms with van der Waals surface area (Å²) in [5, 5.41) is 4.76. The highest BCUT2D eigenvalue weighted by Gasteiger charge is 2.62. The summed E-state index contributed by atoms with van der Waals surface area (Å²) in [4.78, 5) is 19.3. The number of halogens is 1.